The topological polar surface area (TPSA) is 105 Å². The Balaban J connectivity index is 2.43. The molecule has 0 saturated carbocycles. The number of phenolic OH excluding ortho intramolecular Hbond substituents is 2. The molecule has 0 aliphatic carbocycles. The molecule has 2 rings (SSSR count). The van der Waals surface area contributed by atoms with Crippen molar-refractivity contribution >= 4 is 22.7 Å². The molecule has 0 unspecified atom stereocenters. The summed E-state index contributed by atoms with van der Waals surface area (Å²) in [6.07, 6.45) is 0. The molecule has 0 aromatic heterocycles. The maximum Gasteiger partial charge on any atom is 0.140 e. The molecule has 0 atom stereocenters. The van der Waals surface area contributed by atoms with E-state index in [4.69, 9.17) is 11.5 Å². The highest BCUT2D eigenvalue weighted by Gasteiger charge is 2.10. The average molecular weight is 231 g/mol. The highest BCUT2D eigenvalue weighted by Crippen LogP contribution is 2.37. The number of nitrogens with two attached hydrogens (primary N) is 2. The van der Waals surface area contributed by atoms with Crippen LogP contribution in [0.1, 0.15) is 0 Å². The van der Waals surface area contributed by atoms with Crippen molar-refractivity contribution in [3.8, 4) is 11.5 Å². The zero-order valence-electron chi connectivity index (χ0n) is 9.01. The molecule has 2 aromatic rings. The number of nitrogen functional groups attached to an aromatic ring is 2. The summed E-state index contributed by atoms with van der Waals surface area (Å²) in [5.74, 6) is 0.0202. The molecule has 88 valence electrons. The van der Waals surface area contributed by atoms with Gasteiger partial charge in [-0.25, -0.2) is 0 Å². The quantitative estimate of drug-likeness (QED) is 0.309. The lowest BCUT2D eigenvalue weighted by molar-refractivity contribution is 0.476. The Bertz CT molecular complexity index is 555. The van der Waals surface area contributed by atoms with Crippen LogP contribution in [-0.2, 0) is 0 Å². The third-order valence-corrected chi connectivity index (χ3v) is 2.42. The minimum Gasteiger partial charge on any atom is -0.506 e. The minimum absolute atomic E-state index is 0.0582. The van der Waals surface area contributed by atoms with Crippen molar-refractivity contribution in [1.29, 1.82) is 0 Å². The number of phenols is 2. The number of nitrogens with one attached hydrogen (secondary N) is 1. The molecule has 0 saturated heterocycles. The van der Waals surface area contributed by atoms with Gasteiger partial charge in [0, 0.05) is 0 Å². The van der Waals surface area contributed by atoms with Gasteiger partial charge >= 0.3 is 0 Å². The highest BCUT2D eigenvalue weighted by molar-refractivity contribution is 5.87. The Morgan fingerprint density at radius 3 is 2.29 bits per heavy atom. The van der Waals surface area contributed by atoms with Crippen molar-refractivity contribution in [1.82, 2.24) is 0 Å². The summed E-state index contributed by atoms with van der Waals surface area (Å²) in [5.41, 5.74) is 12.8. The molecule has 0 heterocycles. The van der Waals surface area contributed by atoms with Crippen LogP contribution in [0.25, 0.3) is 0 Å². The number of hydrogen-bond acceptors (Lipinski definition) is 5. The molecule has 0 aliphatic heterocycles. The van der Waals surface area contributed by atoms with Crippen LogP contribution >= 0.6 is 0 Å². The van der Waals surface area contributed by atoms with E-state index in [-0.39, 0.29) is 17.2 Å². The predicted molar refractivity (Wildman–Crippen MR) is 68.3 cm³/mol. The molecule has 0 bridgehead atoms. The van der Waals surface area contributed by atoms with Crippen molar-refractivity contribution in [2.45, 2.75) is 0 Å². The molecule has 2 aromatic carbocycles. The summed E-state index contributed by atoms with van der Waals surface area (Å²) in [4.78, 5) is 0. The number of aromatic hydroxyl groups is 2. The summed E-state index contributed by atoms with van der Waals surface area (Å²) in [6.45, 7) is 0. The molecule has 0 spiro atoms. The summed E-state index contributed by atoms with van der Waals surface area (Å²) in [7, 11) is 0. The number of benzene rings is 2. The fourth-order valence-corrected chi connectivity index (χ4v) is 1.48. The maximum atomic E-state index is 9.62. The molecule has 5 nitrogen and oxygen atoms in total. The zero-order valence-corrected chi connectivity index (χ0v) is 9.01. The Morgan fingerprint density at radius 2 is 1.59 bits per heavy atom. The lowest BCUT2D eigenvalue weighted by Gasteiger charge is -2.13. The number of para-hydroxylation sites is 2. The largest absolute Gasteiger partial charge is 0.506 e. The second-order valence-corrected chi connectivity index (χ2v) is 3.60. The molecule has 0 amide bonds. The van der Waals surface area contributed by atoms with Crippen molar-refractivity contribution in [2.75, 3.05) is 16.8 Å². The SMILES string of the molecule is Nc1ccc(O)c(N)c1Nc1ccccc1O. The highest BCUT2D eigenvalue weighted by atomic mass is 16.3. The van der Waals surface area contributed by atoms with Crippen LogP contribution in [0.5, 0.6) is 11.5 Å². The second-order valence-electron chi connectivity index (χ2n) is 3.60. The van der Waals surface area contributed by atoms with E-state index in [1.54, 1.807) is 18.2 Å². The number of rotatable bonds is 2. The summed E-state index contributed by atoms with van der Waals surface area (Å²) in [5, 5.41) is 22.0. The molecule has 0 radical (unpaired) electrons. The van der Waals surface area contributed by atoms with Crippen molar-refractivity contribution in [3.05, 3.63) is 36.4 Å². The van der Waals surface area contributed by atoms with E-state index < -0.39 is 0 Å². The van der Waals surface area contributed by atoms with Crippen LogP contribution in [-0.4, -0.2) is 10.2 Å². The van der Waals surface area contributed by atoms with E-state index in [0.717, 1.165) is 0 Å². The maximum absolute atomic E-state index is 9.62. The van der Waals surface area contributed by atoms with Gasteiger partial charge in [-0.15, -0.1) is 0 Å². The van der Waals surface area contributed by atoms with Gasteiger partial charge in [-0.05, 0) is 24.3 Å². The molecule has 17 heavy (non-hydrogen) atoms. The Kier molecular flexibility index (Phi) is 2.66. The van der Waals surface area contributed by atoms with E-state index >= 15 is 0 Å². The van der Waals surface area contributed by atoms with E-state index in [1.165, 1.54) is 18.2 Å². The molecule has 5 heteroatoms. The Morgan fingerprint density at radius 1 is 0.882 bits per heavy atom. The first-order valence-electron chi connectivity index (χ1n) is 5.01. The lowest BCUT2D eigenvalue weighted by Crippen LogP contribution is -2.01. The lowest BCUT2D eigenvalue weighted by atomic mass is 10.2. The minimum atomic E-state index is -0.0582. The van der Waals surface area contributed by atoms with E-state index in [2.05, 4.69) is 5.32 Å². The van der Waals surface area contributed by atoms with E-state index in [0.29, 0.717) is 17.1 Å². The third-order valence-electron chi connectivity index (χ3n) is 2.42. The van der Waals surface area contributed by atoms with Crippen molar-refractivity contribution < 1.29 is 10.2 Å². The fourth-order valence-electron chi connectivity index (χ4n) is 1.48. The summed E-state index contributed by atoms with van der Waals surface area (Å²) < 4.78 is 0. The predicted octanol–water partition coefficient (Wildman–Crippen LogP) is 2.01. The van der Waals surface area contributed by atoms with Gasteiger partial charge in [-0.2, -0.15) is 0 Å². The van der Waals surface area contributed by atoms with E-state index in [1.807, 2.05) is 0 Å². The average Bonchev–Trinajstić information content (AvgIpc) is 2.32. The van der Waals surface area contributed by atoms with Gasteiger partial charge in [-0.3, -0.25) is 0 Å². The number of anilines is 4. The smallest absolute Gasteiger partial charge is 0.140 e. The van der Waals surface area contributed by atoms with Crippen LogP contribution in [0.2, 0.25) is 0 Å². The Hall–Kier alpha value is -2.56. The van der Waals surface area contributed by atoms with Crippen LogP contribution in [0.4, 0.5) is 22.7 Å². The third kappa shape index (κ3) is 2.03. The monoisotopic (exact) mass is 231 g/mol. The van der Waals surface area contributed by atoms with Gasteiger partial charge in [0.05, 0.1) is 22.7 Å². The van der Waals surface area contributed by atoms with Crippen LogP contribution < -0.4 is 16.8 Å². The van der Waals surface area contributed by atoms with E-state index in [9.17, 15) is 10.2 Å². The first-order chi connectivity index (χ1) is 8.09. The number of hydrogen-bond donors (Lipinski definition) is 5. The molecule has 0 fully saturated rings. The zero-order chi connectivity index (χ0) is 12.4. The van der Waals surface area contributed by atoms with Crippen LogP contribution in [0, 0.1) is 0 Å². The van der Waals surface area contributed by atoms with Crippen molar-refractivity contribution in [3.63, 3.8) is 0 Å². The van der Waals surface area contributed by atoms with Crippen LogP contribution in [0.15, 0.2) is 36.4 Å². The van der Waals surface area contributed by atoms with Gasteiger partial charge in [-0.1, -0.05) is 12.1 Å². The molecule has 0 aliphatic rings. The van der Waals surface area contributed by atoms with Gasteiger partial charge in [0.2, 0.25) is 0 Å². The normalized spacial score (nSPS) is 10.1. The molecular weight excluding hydrogens is 218 g/mol. The Labute approximate surface area is 98.3 Å². The fraction of sp³-hybridized carbons (Fsp3) is 0. The van der Waals surface area contributed by atoms with Gasteiger partial charge in [0.15, 0.2) is 0 Å². The first kappa shape index (κ1) is 10.9. The van der Waals surface area contributed by atoms with Gasteiger partial charge in [0.1, 0.15) is 11.5 Å². The molecule has 7 N–H and O–H groups in total. The first-order valence-corrected chi connectivity index (χ1v) is 5.01. The second kappa shape index (κ2) is 4.13. The van der Waals surface area contributed by atoms with Crippen LogP contribution in [0.3, 0.4) is 0 Å². The molecular formula is C12H13N3O2. The summed E-state index contributed by atoms with van der Waals surface area (Å²) >= 11 is 0. The standard InChI is InChI=1S/C12H13N3O2/c13-7-5-6-10(17)11(14)12(7)15-8-3-1-2-4-9(8)16/h1-6,15-17H,13-14H2. The summed E-state index contributed by atoms with van der Waals surface area (Å²) in [6, 6.07) is 9.64. The van der Waals surface area contributed by atoms with Gasteiger partial charge in [0.25, 0.3) is 0 Å². The van der Waals surface area contributed by atoms with Gasteiger partial charge < -0.3 is 27.0 Å². The van der Waals surface area contributed by atoms with Crippen molar-refractivity contribution in [2.24, 2.45) is 0 Å².